The van der Waals surface area contributed by atoms with Crippen LogP contribution in [-0.4, -0.2) is 16.1 Å². The first kappa shape index (κ1) is 17.4. The molecule has 0 saturated carbocycles. The minimum Gasteiger partial charge on any atom is -0.431 e. The van der Waals surface area contributed by atoms with Gasteiger partial charge in [0.15, 0.2) is 5.58 Å². The van der Waals surface area contributed by atoms with E-state index in [4.69, 9.17) is 39.2 Å². The molecule has 124 valence electrons. The number of anilines is 1. The average molecular weight is 402 g/mol. The number of benzene rings is 2. The fourth-order valence-corrected chi connectivity index (χ4v) is 3.66. The van der Waals surface area contributed by atoms with Gasteiger partial charge >= 0.3 is 0 Å². The quantitative estimate of drug-likeness (QED) is 0.552. The van der Waals surface area contributed by atoms with E-state index in [1.807, 2.05) is 24.3 Å². The molecule has 8 heteroatoms. The van der Waals surface area contributed by atoms with Crippen LogP contribution in [0.5, 0.6) is 0 Å². The van der Waals surface area contributed by atoms with Gasteiger partial charge in [0.1, 0.15) is 5.52 Å². The zero-order valence-corrected chi connectivity index (χ0v) is 15.4. The van der Waals surface area contributed by atoms with Gasteiger partial charge in [-0.15, -0.1) is 0 Å². The Morgan fingerprint density at radius 3 is 2.54 bits per heavy atom. The second kappa shape index (κ2) is 7.23. The lowest BCUT2D eigenvalue weighted by Gasteiger charge is -2.13. The van der Waals surface area contributed by atoms with Gasteiger partial charge in [0.2, 0.25) is 5.91 Å². The molecule has 0 radical (unpaired) electrons. The van der Waals surface area contributed by atoms with Crippen LogP contribution in [0.3, 0.4) is 0 Å². The van der Waals surface area contributed by atoms with Crippen LogP contribution in [0.25, 0.3) is 11.1 Å². The van der Waals surface area contributed by atoms with Crippen LogP contribution >= 0.6 is 46.6 Å². The second-order valence-electron chi connectivity index (χ2n) is 4.94. The number of halogens is 3. The number of thioether (sulfide) groups is 1. The smallest absolute Gasteiger partial charge is 0.257 e. The van der Waals surface area contributed by atoms with Crippen molar-refractivity contribution in [2.45, 2.75) is 17.4 Å². The van der Waals surface area contributed by atoms with Crippen molar-refractivity contribution in [3.63, 3.8) is 0 Å². The zero-order valence-electron chi connectivity index (χ0n) is 12.3. The molecule has 0 aliphatic carbocycles. The summed E-state index contributed by atoms with van der Waals surface area (Å²) in [4.78, 5) is 16.7. The van der Waals surface area contributed by atoms with Gasteiger partial charge in [-0.2, -0.15) is 0 Å². The Morgan fingerprint density at radius 1 is 1.21 bits per heavy atom. The van der Waals surface area contributed by atoms with Crippen molar-refractivity contribution in [1.82, 2.24) is 4.98 Å². The van der Waals surface area contributed by atoms with Gasteiger partial charge in [-0.1, -0.05) is 58.7 Å². The lowest BCUT2D eigenvalue weighted by atomic mass is 10.3. The molecule has 1 N–H and O–H groups in total. The number of oxazole rings is 1. The fraction of sp³-hybridized carbons (Fsp3) is 0.125. The van der Waals surface area contributed by atoms with Crippen molar-refractivity contribution in [2.24, 2.45) is 0 Å². The Kier molecular flexibility index (Phi) is 5.25. The Bertz CT molecular complexity index is 857. The molecule has 3 rings (SSSR count). The highest BCUT2D eigenvalue weighted by Crippen LogP contribution is 2.34. The van der Waals surface area contributed by atoms with Crippen LogP contribution in [0.2, 0.25) is 15.1 Å². The van der Waals surface area contributed by atoms with Crippen molar-refractivity contribution >= 4 is 69.3 Å². The Labute approximate surface area is 157 Å². The normalized spacial score (nSPS) is 12.3. The fourth-order valence-electron chi connectivity index (χ4n) is 1.99. The number of rotatable bonds is 4. The maximum atomic E-state index is 12.4. The molecule has 0 aliphatic heterocycles. The van der Waals surface area contributed by atoms with Crippen molar-refractivity contribution < 1.29 is 9.21 Å². The third-order valence-electron chi connectivity index (χ3n) is 3.18. The molecule has 0 bridgehead atoms. The molecule has 1 unspecified atom stereocenters. The predicted octanol–water partition coefficient (Wildman–Crippen LogP) is 5.91. The average Bonchev–Trinajstić information content (AvgIpc) is 2.92. The summed E-state index contributed by atoms with van der Waals surface area (Å²) in [6.07, 6.45) is 0. The molecule has 1 aromatic heterocycles. The van der Waals surface area contributed by atoms with E-state index in [1.165, 1.54) is 23.9 Å². The van der Waals surface area contributed by atoms with E-state index in [-0.39, 0.29) is 16.0 Å². The number of nitrogens with one attached hydrogen (secondary N) is 1. The van der Waals surface area contributed by atoms with Crippen molar-refractivity contribution in [2.75, 3.05) is 5.32 Å². The summed E-state index contributed by atoms with van der Waals surface area (Å²) >= 11 is 19.2. The summed E-state index contributed by atoms with van der Waals surface area (Å²) in [6, 6.07) is 10.4. The minimum atomic E-state index is -0.458. The number of amides is 1. The van der Waals surface area contributed by atoms with Gasteiger partial charge < -0.3 is 9.73 Å². The minimum absolute atomic E-state index is 0.270. The molecule has 0 fully saturated rings. The van der Waals surface area contributed by atoms with E-state index >= 15 is 0 Å². The first-order valence-electron chi connectivity index (χ1n) is 6.91. The molecule has 1 atom stereocenters. The number of fused-ring (bicyclic) bond motifs is 1. The largest absolute Gasteiger partial charge is 0.431 e. The monoisotopic (exact) mass is 400 g/mol. The first-order chi connectivity index (χ1) is 11.4. The Balaban J connectivity index is 1.73. The molecule has 0 spiro atoms. The van der Waals surface area contributed by atoms with E-state index in [2.05, 4.69) is 10.3 Å². The second-order valence-corrected chi connectivity index (χ2v) is 7.48. The number of para-hydroxylation sites is 2. The highest BCUT2D eigenvalue weighted by Gasteiger charge is 2.20. The number of carbonyl (C=O) groups is 1. The van der Waals surface area contributed by atoms with Crippen LogP contribution in [-0.2, 0) is 4.79 Å². The summed E-state index contributed by atoms with van der Waals surface area (Å²) in [5.41, 5.74) is 1.76. The molecule has 1 amide bonds. The first-order valence-corrected chi connectivity index (χ1v) is 8.93. The number of carbonyl (C=O) groups excluding carboxylic acids is 1. The van der Waals surface area contributed by atoms with E-state index in [1.54, 1.807) is 6.92 Å². The van der Waals surface area contributed by atoms with E-state index in [0.717, 1.165) is 5.52 Å². The molecule has 0 aliphatic rings. The molecule has 1 heterocycles. The number of hydrogen-bond donors (Lipinski definition) is 1. The summed E-state index contributed by atoms with van der Waals surface area (Å²) in [7, 11) is 0. The van der Waals surface area contributed by atoms with Crippen LogP contribution in [0.4, 0.5) is 5.69 Å². The predicted molar refractivity (Wildman–Crippen MR) is 99.4 cm³/mol. The topological polar surface area (TPSA) is 55.1 Å². The third-order valence-corrected chi connectivity index (χ3v) is 4.93. The zero-order chi connectivity index (χ0) is 17.3. The van der Waals surface area contributed by atoms with Crippen molar-refractivity contribution in [3.05, 3.63) is 51.5 Å². The number of hydrogen-bond acceptors (Lipinski definition) is 4. The third kappa shape index (κ3) is 3.81. The highest BCUT2D eigenvalue weighted by atomic mass is 35.5. The molecule has 2 aromatic carbocycles. The standard InChI is InChI=1S/C16H11Cl3N2O2S/c1-8(24-16-20-12-4-2-3-5-13(12)23-16)15(22)21-14-10(18)6-9(17)7-11(14)19/h2-8H,1H3,(H,21,22). The summed E-state index contributed by atoms with van der Waals surface area (Å²) in [5.74, 6) is -0.270. The van der Waals surface area contributed by atoms with Crippen LogP contribution < -0.4 is 5.32 Å². The molecular weight excluding hydrogens is 391 g/mol. The Hall–Kier alpha value is -1.40. The Morgan fingerprint density at radius 2 is 1.88 bits per heavy atom. The van der Waals surface area contributed by atoms with Gasteiger partial charge in [0.05, 0.1) is 21.0 Å². The molecule has 3 aromatic rings. The summed E-state index contributed by atoms with van der Waals surface area (Å²) in [5, 5.41) is 3.63. The number of nitrogens with zero attached hydrogens (tertiary/aromatic N) is 1. The van der Waals surface area contributed by atoms with Gasteiger partial charge in [0.25, 0.3) is 5.22 Å². The highest BCUT2D eigenvalue weighted by molar-refractivity contribution is 8.00. The SMILES string of the molecule is CC(Sc1nc2ccccc2o1)C(=O)Nc1c(Cl)cc(Cl)cc1Cl. The summed E-state index contributed by atoms with van der Waals surface area (Å²) in [6.45, 7) is 1.74. The maximum Gasteiger partial charge on any atom is 0.257 e. The van der Waals surface area contributed by atoms with E-state index in [0.29, 0.717) is 21.5 Å². The van der Waals surface area contributed by atoms with Gasteiger partial charge in [-0.05, 0) is 31.2 Å². The van der Waals surface area contributed by atoms with Gasteiger partial charge in [-0.3, -0.25) is 4.79 Å². The number of aromatic nitrogens is 1. The van der Waals surface area contributed by atoms with E-state index < -0.39 is 5.25 Å². The van der Waals surface area contributed by atoms with Crippen molar-refractivity contribution in [3.8, 4) is 0 Å². The van der Waals surface area contributed by atoms with Crippen LogP contribution in [0.1, 0.15) is 6.92 Å². The van der Waals surface area contributed by atoms with Gasteiger partial charge in [-0.25, -0.2) is 4.98 Å². The van der Waals surface area contributed by atoms with Crippen LogP contribution in [0, 0.1) is 0 Å². The molecule has 4 nitrogen and oxygen atoms in total. The molecule has 0 saturated heterocycles. The molecule has 24 heavy (non-hydrogen) atoms. The lowest BCUT2D eigenvalue weighted by Crippen LogP contribution is -2.22. The van der Waals surface area contributed by atoms with E-state index in [9.17, 15) is 4.79 Å². The lowest BCUT2D eigenvalue weighted by molar-refractivity contribution is -0.115. The van der Waals surface area contributed by atoms with Crippen molar-refractivity contribution in [1.29, 1.82) is 0 Å². The van der Waals surface area contributed by atoms with Crippen LogP contribution in [0.15, 0.2) is 46.0 Å². The van der Waals surface area contributed by atoms with Gasteiger partial charge in [0, 0.05) is 5.02 Å². The maximum absolute atomic E-state index is 12.4. The molecular formula is C16H11Cl3N2O2S. The summed E-state index contributed by atoms with van der Waals surface area (Å²) < 4.78 is 5.60.